The van der Waals surface area contributed by atoms with Crippen molar-refractivity contribution in [3.8, 4) is 0 Å². The second-order valence-corrected chi connectivity index (χ2v) is 11.0. The smallest absolute Gasteiger partial charge is 0.257 e. The summed E-state index contributed by atoms with van der Waals surface area (Å²) in [6, 6.07) is 12.4. The first-order valence-electron chi connectivity index (χ1n) is 11.6. The van der Waals surface area contributed by atoms with Crippen LogP contribution in [-0.4, -0.2) is 56.2 Å². The summed E-state index contributed by atoms with van der Waals surface area (Å²) in [5, 5.41) is 4.63. The van der Waals surface area contributed by atoms with Gasteiger partial charge in [0, 0.05) is 12.6 Å². The van der Waals surface area contributed by atoms with Gasteiger partial charge in [0.2, 0.25) is 10.0 Å². The molecule has 3 aromatic rings. The van der Waals surface area contributed by atoms with Crippen LogP contribution in [0.3, 0.4) is 0 Å². The maximum Gasteiger partial charge on any atom is 0.257 e. The first-order chi connectivity index (χ1) is 16.0. The largest absolute Gasteiger partial charge is 0.376 e. The number of aromatic nitrogens is 2. The third-order valence-corrected chi connectivity index (χ3v) is 7.62. The fraction of sp³-hybridized carbons (Fsp3) is 0.500. The summed E-state index contributed by atoms with van der Waals surface area (Å²) in [7, 11) is -3.33. The van der Waals surface area contributed by atoms with E-state index in [0.717, 1.165) is 43.3 Å². The molecule has 0 spiro atoms. The summed E-state index contributed by atoms with van der Waals surface area (Å²) in [4.78, 5) is 6.55. The highest BCUT2D eigenvalue weighted by Gasteiger charge is 2.37. The van der Waals surface area contributed by atoms with Gasteiger partial charge in [0.25, 0.3) is 5.71 Å². The Kier molecular flexibility index (Phi) is 6.36. The summed E-state index contributed by atoms with van der Waals surface area (Å²) in [5.41, 5.74) is 2.82. The summed E-state index contributed by atoms with van der Waals surface area (Å²) >= 11 is 0. The van der Waals surface area contributed by atoms with Crippen molar-refractivity contribution in [2.75, 3.05) is 24.3 Å². The van der Waals surface area contributed by atoms with Crippen LogP contribution in [-0.2, 0) is 14.8 Å². The Bertz CT molecular complexity index is 1180. The van der Waals surface area contributed by atoms with Crippen LogP contribution in [0.15, 0.2) is 53.3 Å². The minimum absolute atomic E-state index is 0.106. The van der Waals surface area contributed by atoms with Crippen LogP contribution in [0.2, 0.25) is 0 Å². The van der Waals surface area contributed by atoms with Gasteiger partial charge >= 0.3 is 0 Å². The predicted octanol–water partition coefficient (Wildman–Crippen LogP) is 3.46. The standard InChI is InChI=1S/C24H30N4O4S/c1-33(29,30)27-22-11-12-28(20-13-19-14-26-32-24(19)25-15-20)23(22)16-31-21-9-7-18(8-10-21)17-5-3-2-4-6-17/h2-6,13-15,18,21-23,27H,7-12,16H2,1H3/t18?,21?,22-,23-/m0/s1. The molecule has 1 aromatic carbocycles. The number of pyridine rings is 1. The van der Waals surface area contributed by atoms with E-state index in [1.165, 1.54) is 11.8 Å². The minimum atomic E-state index is -3.33. The Labute approximate surface area is 194 Å². The summed E-state index contributed by atoms with van der Waals surface area (Å²) < 4.78 is 38.3. The van der Waals surface area contributed by atoms with E-state index in [1.807, 2.05) is 6.07 Å². The van der Waals surface area contributed by atoms with E-state index in [4.69, 9.17) is 9.26 Å². The molecule has 1 saturated carbocycles. The number of hydrogen-bond acceptors (Lipinski definition) is 7. The lowest BCUT2D eigenvalue weighted by atomic mass is 9.83. The fourth-order valence-electron chi connectivity index (χ4n) is 5.23. The molecule has 176 valence electrons. The maximum atomic E-state index is 12.0. The molecule has 2 aromatic heterocycles. The van der Waals surface area contributed by atoms with Gasteiger partial charge in [0.05, 0.1) is 48.5 Å². The molecule has 0 radical (unpaired) electrons. The predicted molar refractivity (Wildman–Crippen MR) is 127 cm³/mol. The van der Waals surface area contributed by atoms with Crippen LogP contribution < -0.4 is 9.62 Å². The van der Waals surface area contributed by atoms with E-state index in [9.17, 15) is 8.42 Å². The molecule has 8 nitrogen and oxygen atoms in total. The molecule has 2 fully saturated rings. The molecule has 1 N–H and O–H groups in total. The van der Waals surface area contributed by atoms with Crippen molar-refractivity contribution in [1.82, 2.24) is 14.9 Å². The summed E-state index contributed by atoms with van der Waals surface area (Å²) in [5.74, 6) is 0.593. The molecule has 0 amide bonds. The van der Waals surface area contributed by atoms with Gasteiger partial charge in [-0.25, -0.2) is 18.1 Å². The zero-order valence-electron chi connectivity index (χ0n) is 18.8. The SMILES string of the molecule is CS(=O)(=O)N[C@H]1CCN(c2cnc3oncc3c2)[C@H]1COC1CCC(c2ccccc2)CC1. The average Bonchev–Trinajstić information content (AvgIpc) is 3.44. The summed E-state index contributed by atoms with van der Waals surface area (Å²) in [6.07, 6.45) is 9.79. The van der Waals surface area contributed by atoms with Gasteiger partial charge in [0.15, 0.2) is 0 Å². The molecule has 0 unspecified atom stereocenters. The third-order valence-electron chi connectivity index (χ3n) is 6.89. The molecular weight excluding hydrogens is 440 g/mol. The van der Waals surface area contributed by atoms with Crippen LogP contribution in [0, 0.1) is 0 Å². The van der Waals surface area contributed by atoms with E-state index >= 15 is 0 Å². The first-order valence-corrected chi connectivity index (χ1v) is 13.5. The van der Waals surface area contributed by atoms with Crippen molar-refractivity contribution >= 4 is 26.8 Å². The molecule has 5 rings (SSSR count). The quantitative estimate of drug-likeness (QED) is 0.565. The van der Waals surface area contributed by atoms with Crippen LogP contribution >= 0.6 is 0 Å². The van der Waals surface area contributed by atoms with Gasteiger partial charge in [-0.15, -0.1) is 0 Å². The monoisotopic (exact) mass is 470 g/mol. The zero-order valence-corrected chi connectivity index (χ0v) is 19.6. The molecule has 9 heteroatoms. The number of ether oxygens (including phenoxy) is 1. The highest BCUT2D eigenvalue weighted by molar-refractivity contribution is 7.88. The molecule has 1 saturated heterocycles. The number of benzene rings is 1. The van der Waals surface area contributed by atoms with Crippen molar-refractivity contribution in [2.45, 2.75) is 56.2 Å². The second kappa shape index (κ2) is 9.40. The highest BCUT2D eigenvalue weighted by atomic mass is 32.2. The Balaban J connectivity index is 1.26. The van der Waals surface area contributed by atoms with E-state index in [-0.39, 0.29) is 18.2 Å². The van der Waals surface area contributed by atoms with Crippen molar-refractivity contribution < 1.29 is 17.7 Å². The number of anilines is 1. The Morgan fingerprint density at radius 3 is 2.67 bits per heavy atom. The van der Waals surface area contributed by atoms with Gasteiger partial charge in [-0.1, -0.05) is 35.5 Å². The van der Waals surface area contributed by atoms with Crippen molar-refractivity contribution in [3.63, 3.8) is 0 Å². The molecule has 33 heavy (non-hydrogen) atoms. The lowest BCUT2D eigenvalue weighted by Crippen LogP contribution is -2.48. The molecule has 2 atom stereocenters. The third kappa shape index (κ3) is 5.20. The average molecular weight is 471 g/mol. The van der Waals surface area contributed by atoms with E-state index in [0.29, 0.717) is 24.7 Å². The molecular formula is C24H30N4O4S. The van der Waals surface area contributed by atoms with Gasteiger partial charge < -0.3 is 14.2 Å². The van der Waals surface area contributed by atoms with Gasteiger partial charge in [0.1, 0.15) is 0 Å². The first kappa shape index (κ1) is 22.3. The van der Waals surface area contributed by atoms with Crippen LogP contribution in [0.4, 0.5) is 5.69 Å². The minimum Gasteiger partial charge on any atom is -0.376 e. The van der Waals surface area contributed by atoms with Crippen molar-refractivity contribution in [2.24, 2.45) is 0 Å². The lowest BCUT2D eigenvalue weighted by Gasteiger charge is -2.33. The molecule has 2 aliphatic rings. The maximum absolute atomic E-state index is 12.0. The lowest BCUT2D eigenvalue weighted by molar-refractivity contribution is 0.0157. The number of rotatable bonds is 7. The number of sulfonamides is 1. The fourth-order valence-corrected chi connectivity index (χ4v) is 6.06. The normalized spacial score (nSPS) is 26.2. The highest BCUT2D eigenvalue weighted by Crippen LogP contribution is 2.35. The number of nitrogens with zero attached hydrogens (tertiary/aromatic N) is 3. The molecule has 0 bridgehead atoms. The van der Waals surface area contributed by atoms with Gasteiger partial charge in [-0.3, -0.25) is 0 Å². The molecule has 3 heterocycles. The Hall–Kier alpha value is -2.49. The molecule has 1 aliphatic heterocycles. The Morgan fingerprint density at radius 2 is 1.91 bits per heavy atom. The number of fused-ring (bicyclic) bond motifs is 1. The van der Waals surface area contributed by atoms with Crippen molar-refractivity contribution in [3.05, 3.63) is 54.4 Å². The molecule has 1 aliphatic carbocycles. The van der Waals surface area contributed by atoms with Crippen molar-refractivity contribution in [1.29, 1.82) is 0 Å². The summed E-state index contributed by atoms with van der Waals surface area (Å²) in [6.45, 7) is 1.19. The van der Waals surface area contributed by atoms with Crippen LogP contribution in [0.25, 0.3) is 11.1 Å². The topological polar surface area (TPSA) is 97.6 Å². The number of nitrogens with one attached hydrogen (secondary N) is 1. The Morgan fingerprint density at radius 1 is 1.12 bits per heavy atom. The van der Waals surface area contributed by atoms with Crippen LogP contribution in [0.1, 0.15) is 43.6 Å². The second-order valence-electron chi connectivity index (χ2n) is 9.18. The van der Waals surface area contributed by atoms with E-state index in [1.54, 1.807) is 12.4 Å². The zero-order chi connectivity index (χ0) is 22.8. The van der Waals surface area contributed by atoms with Gasteiger partial charge in [-0.05, 0) is 49.7 Å². The number of hydrogen-bond donors (Lipinski definition) is 1. The van der Waals surface area contributed by atoms with Crippen LogP contribution in [0.5, 0.6) is 0 Å². The van der Waals surface area contributed by atoms with E-state index < -0.39 is 10.0 Å². The van der Waals surface area contributed by atoms with Gasteiger partial charge in [-0.2, -0.15) is 0 Å². The van der Waals surface area contributed by atoms with E-state index in [2.05, 4.69) is 50.1 Å².